The van der Waals surface area contributed by atoms with Crippen molar-refractivity contribution >= 4 is 40.7 Å². The summed E-state index contributed by atoms with van der Waals surface area (Å²) < 4.78 is 15.1. The molecule has 1 saturated heterocycles. The van der Waals surface area contributed by atoms with Gasteiger partial charge in [-0.25, -0.2) is 4.39 Å². The lowest BCUT2D eigenvalue weighted by atomic mass is 9.98. The summed E-state index contributed by atoms with van der Waals surface area (Å²) in [5.41, 5.74) is 0.838. The molecule has 0 spiro atoms. The van der Waals surface area contributed by atoms with Crippen molar-refractivity contribution in [3.05, 3.63) is 34.1 Å². The van der Waals surface area contributed by atoms with Crippen molar-refractivity contribution in [2.45, 2.75) is 32.2 Å². The first kappa shape index (κ1) is 21.1. The molecule has 21 heavy (non-hydrogen) atoms. The molecule has 1 fully saturated rings. The average molecular weight is 402 g/mol. The molecule has 122 valence electrons. The number of halogens is 4. The van der Waals surface area contributed by atoms with Gasteiger partial charge in [0.1, 0.15) is 5.82 Å². The quantitative estimate of drug-likeness (QED) is 0.777. The Morgan fingerprint density at radius 1 is 1.29 bits per heavy atom. The largest absolute Gasteiger partial charge is 0.314 e. The first-order valence-electron chi connectivity index (χ1n) is 7.12. The molecule has 0 radical (unpaired) electrons. The molecule has 1 heterocycles. The number of nitrogens with one attached hydrogen (secondary N) is 1. The Balaban J connectivity index is 0.00000200. The Hall–Kier alpha value is 0.130. The molecule has 1 atom stereocenters. The maximum Gasteiger partial charge on any atom is 0.128 e. The molecule has 0 amide bonds. The highest BCUT2D eigenvalue weighted by Crippen LogP contribution is 2.30. The van der Waals surface area contributed by atoms with Crippen molar-refractivity contribution in [3.8, 4) is 0 Å². The van der Waals surface area contributed by atoms with Crippen LogP contribution in [0.4, 0.5) is 4.39 Å². The molecule has 0 aliphatic carbocycles. The lowest BCUT2D eigenvalue weighted by Crippen LogP contribution is -2.45. The van der Waals surface area contributed by atoms with Crippen molar-refractivity contribution in [1.29, 1.82) is 0 Å². The Morgan fingerprint density at radius 2 is 1.95 bits per heavy atom. The minimum atomic E-state index is -0.0807. The molecule has 1 aromatic rings. The van der Waals surface area contributed by atoms with Crippen LogP contribution >= 0.6 is 40.7 Å². The van der Waals surface area contributed by atoms with Crippen molar-refractivity contribution in [2.24, 2.45) is 0 Å². The summed E-state index contributed by atoms with van der Waals surface area (Å²) >= 11 is 3.46. The van der Waals surface area contributed by atoms with E-state index in [1.807, 2.05) is 6.07 Å². The van der Waals surface area contributed by atoms with Crippen LogP contribution in [0.3, 0.4) is 0 Å². The lowest BCUT2D eigenvalue weighted by molar-refractivity contribution is 0.160. The predicted octanol–water partition coefficient (Wildman–Crippen LogP) is 4.57. The molecule has 1 N–H and O–H groups in total. The third kappa shape index (κ3) is 6.03. The van der Waals surface area contributed by atoms with Crippen LogP contribution in [0.1, 0.15) is 37.8 Å². The van der Waals surface area contributed by atoms with Gasteiger partial charge in [-0.3, -0.25) is 4.90 Å². The topological polar surface area (TPSA) is 15.3 Å². The van der Waals surface area contributed by atoms with E-state index in [1.165, 1.54) is 0 Å². The van der Waals surface area contributed by atoms with Crippen molar-refractivity contribution in [1.82, 2.24) is 10.2 Å². The summed E-state index contributed by atoms with van der Waals surface area (Å²) in [5, 5.41) is 3.36. The van der Waals surface area contributed by atoms with Gasteiger partial charge in [-0.05, 0) is 24.6 Å². The Bertz CT molecular complexity index is 415. The number of benzene rings is 1. The van der Waals surface area contributed by atoms with E-state index in [1.54, 1.807) is 12.1 Å². The van der Waals surface area contributed by atoms with Gasteiger partial charge in [0, 0.05) is 42.3 Å². The van der Waals surface area contributed by atoms with Gasteiger partial charge in [-0.2, -0.15) is 0 Å². The minimum Gasteiger partial charge on any atom is -0.314 e. The first-order chi connectivity index (χ1) is 9.22. The standard InChI is InChI=1S/C15H22BrFN2.2ClH/c1-2-3-4-15(19-9-7-18-8-10-19)13-11-12(16)5-6-14(13)17;;/h5-6,11,15,18H,2-4,7-10H2,1H3;2*1H/t15-;;/m1../s1. The molecule has 2 rings (SSSR count). The zero-order valence-corrected chi connectivity index (χ0v) is 15.5. The zero-order chi connectivity index (χ0) is 13.7. The smallest absolute Gasteiger partial charge is 0.128 e. The molecule has 2 nitrogen and oxygen atoms in total. The SMILES string of the molecule is CCCC[C@H](c1cc(Br)ccc1F)N1CCNCC1.Cl.Cl. The summed E-state index contributed by atoms with van der Waals surface area (Å²) in [6, 6.07) is 5.49. The molecular weight excluding hydrogens is 378 g/mol. The van der Waals surface area contributed by atoms with Crippen LogP contribution in [0, 0.1) is 5.82 Å². The number of hydrogen-bond acceptors (Lipinski definition) is 2. The van der Waals surface area contributed by atoms with E-state index in [2.05, 4.69) is 33.1 Å². The van der Waals surface area contributed by atoms with E-state index in [-0.39, 0.29) is 36.7 Å². The highest BCUT2D eigenvalue weighted by Gasteiger charge is 2.24. The van der Waals surface area contributed by atoms with Gasteiger partial charge in [0.2, 0.25) is 0 Å². The number of rotatable bonds is 5. The summed E-state index contributed by atoms with van der Waals surface area (Å²) in [7, 11) is 0. The number of unbranched alkanes of at least 4 members (excludes halogenated alkanes) is 1. The minimum absolute atomic E-state index is 0. The van der Waals surface area contributed by atoms with E-state index in [9.17, 15) is 4.39 Å². The summed E-state index contributed by atoms with van der Waals surface area (Å²) in [4.78, 5) is 2.41. The predicted molar refractivity (Wildman–Crippen MR) is 95.3 cm³/mol. The van der Waals surface area contributed by atoms with Gasteiger partial charge in [-0.15, -0.1) is 24.8 Å². The van der Waals surface area contributed by atoms with Gasteiger partial charge in [0.05, 0.1) is 0 Å². The second-order valence-corrected chi connectivity index (χ2v) is 6.03. The lowest BCUT2D eigenvalue weighted by Gasteiger charge is -2.35. The maximum atomic E-state index is 14.1. The molecule has 1 aliphatic heterocycles. The molecule has 6 heteroatoms. The second kappa shape index (κ2) is 10.8. The Kier molecular flexibility index (Phi) is 10.9. The number of nitrogens with zero attached hydrogens (tertiary/aromatic N) is 1. The molecule has 0 saturated carbocycles. The van der Waals surface area contributed by atoms with Crippen LogP contribution in [0.25, 0.3) is 0 Å². The van der Waals surface area contributed by atoms with E-state index < -0.39 is 0 Å². The van der Waals surface area contributed by atoms with E-state index >= 15 is 0 Å². The van der Waals surface area contributed by atoms with E-state index in [0.717, 1.165) is 55.5 Å². The van der Waals surface area contributed by atoms with E-state index in [0.29, 0.717) is 0 Å². The zero-order valence-electron chi connectivity index (χ0n) is 12.3. The fourth-order valence-electron chi connectivity index (χ4n) is 2.70. The van der Waals surface area contributed by atoms with Crippen LogP contribution in [0.2, 0.25) is 0 Å². The number of hydrogen-bond donors (Lipinski definition) is 1. The van der Waals surface area contributed by atoms with Gasteiger partial charge < -0.3 is 5.32 Å². The van der Waals surface area contributed by atoms with Crippen LogP contribution < -0.4 is 5.32 Å². The maximum absolute atomic E-state index is 14.1. The molecule has 1 aromatic carbocycles. The van der Waals surface area contributed by atoms with Gasteiger partial charge in [0.25, 0.3) is 0 Å². The molecule has 0 unspecified atom stereocenters. The fourth-order valence-corrected chi connectivity index (χ4v) is 3.07. The van der Waals surface area contributed by atoms with Crippen LogP contribution in [-0.2, 0) is 0 Å². The van der Waals surface area contributed by atoms with Gasteiger partial charge >= 0.3 is 0 Å². The van der Waals surface area contributed by atoms with Crippen molar-refractivity contribution < 1.29 is 4.39 Å². The highest BCUT2D eigenvalue weighted by atomic mass is 79.9. The van der Waals surface area contributed by atoms with Crippen LogP contribution in [0.15, 0.2) is 22.7 Å². The number of piperazine rings is 1. The van der Waals surface area contributed by atoms with Gasteiger partial charge in [-0.1, -0.05) is 35.7 Å². The molecule has 1 aliphatic rings. The highest BCUT2D eigenvalue weighted by molar-refractivity contribution is 9.10. The van der Waals surface area contributed by atoms with Crippen LogP contribution in [0.5, 0.6) is 0 Å². The first-order valence-corrected chi connectivity index (χ1v) is 7.91. The van der Waals surface area contributed by atoms with Crippen molar-refractivity contribution in [3.63, 3.8) is 0 Å². The average Bonchev–Trinajstić information content (AvgIpc) is 2.44. The third-order valence-electron chi connectivity index (χ3n) is 3.74. The van der Waals surface area contributed by atoms with E-state index in [4.69, 9.17) is 0 Å². The summed E-state index contributed by atoms with van der Waals surface area (Å²) in [6.45, 7) is 6.18. The van der Waals surface area contributed by atoms with Crippen LogP contribution in [-0.4, -0.2) is 31.1 Å². The Labute approximate surface area is 147 Å². The normalized spacial score (nSPS) is 16.7. The fraction of sp³-hybridized carbons (Fsp3) is 0.600. The summed E-state index contributed by atoms with van der Waals surface area (Å²) in [6.07, 6.45) is 3.32. The Morgan fingerprint density at radius 3 is 2.57 bits per heavy atom. The molecular formula is C15H24BrCl2FN2. The van der Waals surface area contributed by atoms with Crippen molar-refractivity contribution in [2.75, 3.05) is 26.2 Å². The summed E-state index contributed by atoms with van der Waals surface area (Å²) in [5.74, 6) is -0.0807. The molecule has 0 bridgehead atoms. The third-order valence-corrected chi connectivity index (χ3v) is 4.23. The monoisotopic (exact) mass is 400 g/mol. The van der Waals surface area contributed by atoms with Gasteiger partial charge in [0.15, 0.2) is 0 Å². The second-order valence-electron chi connectivity index (χ2n) is 5.11. The molecule has 0 aromatic heterocycles.